The largest absolute Gasteiger partial charge is 0.478 e. The minimum Gasteiger partial charge on any atom is -0.478 e. The van der Waals surface area contributed by atoms with E-state index in [2.05, 4.69) is 20.3 Å². The van der Waals surface area contributed by atoms with Crippen LogP contribution in [0, 0.1) is 5.92 Å². The molecule has 18 heteroatoms. The lowest BCUT2D eigenvalue weighted by Gasteiger charge is -2.43. The summed E-state index contributed by atoms with van der Waals surface area (Å²) in [4.78, 5) is 46.8. The second kappa shape index (κ2) is 8.95. The van der Waals surface area contributed by atoms with Gasteiger partial charge in [0.25, 0.3) is 0 Å². The zero-order valence-electron chi connectivity index (χ0n) is 17.7. The van der Waals surface area contributed by atoms with E-state index in [1.807, 2.05) is 0 Å². The number of aliphatic carboxylic acids is 1. The van der Waals surface area contributed by atoms with Gasteiger partial charge in [-0.05, 0) is 13.8 Å². The van der Waals surface area contributed by atoms with Gasteiger partial charge in [0.2, 0.25) is 11.5 Å². The third kappa shape index (κ3) is 5.13. The third-order valence-electron chi connectivity index (χ3n) is 4.77. The van der Waals surface area contributed by atoms with Crippen molar-refractivity contribution >= 4 is 56.0 Å². The summed E-state index contributed by atoms with van der Waals surface area (Å²) in [7, 11) is -4.93. The molecule has 2 aromatic heterocycles. The number of carbonyl (C=O) groups is 3. The maximum Gasteiger partial charge on any atom is 0.362 e. The van der Waals surface area contributed by atoms with E-state index in [1.54, 1.807) is 0 Å². The smallest absolute Gasteiger partial charge is 0.362 e. The first-order valence-corrected chi connectivity index (χ1v) is 11.7. The molecule has 0 saturated carbocycles. The minimum absolute atomic E-state index is 0.0230. The number of amides is 1. The van der Waals surface area contributed by atoms with Crippen molar-refractivity contribution < 1.29 is 37.3 Å². The van der Waals surface area contributed by atoms with Crippen molar-refractivity contribution in [3.8, 4) is 0 Å². The number of carbonyl (C=O) groups excluding carboxylic acids is 2. The van der Waals surface area contributed by atoms with Crippen molar-refractivity contribution in [2.24, 2.45) is 11.1 Å². The van der Waals surface area contributed by atoms with E-state index in [9.17, 15) is 32.5 Å². The summed E-state index contributed by atoms with van der Waals surface area (Å²) >= 11 is 0.980. The maximum absolute atomic E-state index is 13.1. The van der Waals surface area contributed by atoms with E-state index >= 15 is 0 Å². The number of ketones is 1. The van der Waals surface area contributed by atoms with Crippen LogP contribution in [0.3, 0.4) is 0 Å². The molecule has 184 valence electrons. The Labute approximate surface area is 196 Å². The fourth-order valence-electron chi connectivity index (χ4n) is 2.98. The number of aromatic nitrogens is 4. The van der Waals surface area contributed by atoms with Crippen LogP contribution in [0.15, 0.2) is 16.7 Å². The number of carboxylic acid groups (broad SMARTS) is 1. The predicted molar refractivity (Wildman–Crippen MR) is 116 cm³/mol. The zero-order valence-corrected chi connectivity index (χ0v) is 19.4. The summed E-state index contributed by atoms with van der Waals surface area (Å²) in [5.74, 6) is -4.38. The van der Waals surface area contributed by atoms with E-state index in [-0.39, 0.29) is 27.5 Å². The SMILES string of the molecule is CC(C)(O/N=C(\C(=O)C[C@@H]1C(=O)N(S(=O)(=O)O)[C@@H]1Cn1ncc(N)n1)c1csc(N)n1)C(=O)O. The zero-order chi connectivity index (χ0) is 25.4. The van der Waals surface area contributed by atoms with Gasteiger partial charge in [-0.15, -0.1) is 16.4 Å². The second-order valence-electron chi connectivity index (χ2n) is 7.65. The Hall–Kier alpha value is -3.64. The van der Waals surface area contributed by atoms with Crippen LogP contribution < -0.4 is 11.5 Å². The van der Waals surface area contributed by atoms with E-state index < -0.39 is 57.7 Å². The molecule has 2 atom stereocenters. The molecular formula is C16H20N8O8S2. The highest BCUT2D eigenvalue weighted by atomic mass is 32.2. The number of β-lactam (4-membered cyclic amide) rings is 1. The van der Waals surface area contributed by atoms with Gasteiger partial charge in [-0.3, -0.25) is 14.1 Å². The first-order chi connectivity index (χ1) is 15.7. The molecule has 0 bridgehead atoms. The average molecular weight is 517 g/mol. The number of hydrogen-bond acceptors (Lipinski definition) is 13. The van der Waals surface area contributed by atoms with Crippen molar-refractivity contribution in [1.29, 1.82) is 0 Å². The summed E-state index contributed by atoms with van der Waals surface area (Å²) in [5, 5.41) is 21.9. The molecule has 16 nitrogen and oxygen atoms in total. The van der Waals surface area contributed by atoms with Crippen molar-refractivity contribution in [2.45, 2.75) is 38.5 Å². The maximum atomic E-state index is 13.1. The van der Waals surface area contributed by atoms with Crippen molar-refractivity contribution in [2.75, 3.05) is 11.5 Å². The second-order valence-corrected chi connectivity index (χ2v) is 9.83. The molecule has 0 spiro atoms. The van der Waals surface area contributed by atoms with Gasteiger partial charge in [-0.25, -0.2) is 14.1 Å². The fourth-order valence-corrected chi connectivity index (χ4v) is 4.45. The molecule has 1 aliphatic rings. The van der Waals surface area contributed by atoms with Crippen LogP contribution in [0.4, 0.5) is 10.9 Å². The highest BCUT2D eigenvalue weighted by molar-refractivity contribution is 7.84. The molecular weight excluding hydrogens is 496 g/mol. The summed E-state index contributed by atoms with van der Waals surface area (Å²) < 4.78 is 33.0. The lowest BCUT2D eigenvalue weighted by atomic mass is 9.84. The van der Waals surface area contributed by atoms with Crippen molar-refractivity contribution in [3.05, 3.63) is 17.3 Å². The van der Waals surface area contributed by atoms with Crippen LogP contribution in [-0.4, -0.2) is 77.4 Å². The van der Waals surface area contributed by atoms with Gasteiger partial charge in [0.05, 0.1) is 24.7 Å². The van der Waals surface area contributed by atoms with Crippen molar-refractivity contribution in [3.63, 3.8) is 0 Å². The lowest BCUT2D eigenvalue weighted by Crippen LogP contribution is -2.64. The van der Waals surface area contributed by atoms with Crippen LogP contribution in [0.1, 0.15) is 26.0 Å². The molecule has 0 radical (unpaired) electrons. The number of Topliss-reactive ketones (excluding diaryl/α,β-unsaturated/α-hetero) is 1. The topological polar surface area (TPSA) is 246 Å². The highest BCUT2D eigenvalue weighted by Gasteiger charge is 2.54. The van der Waals surface area contributed by atoms with Crippen LogP contribution >= 0.6 is 11.3 Å². The van der Waals surface area contributed by atoms with Crippen LogP contribution in [-0.2, 0) is 36.1 Å². The summed E-state index contributed by atoms with van der Waals surface area (Å²) in [6, 6.07) is -1.21. The number of carboxylic acids is 1. The van der Waals surface area contributed by atoms with Crippen molar-refractivity contribution in [1.82, 2.24) is 24.3 Å². The van der Waals surface area contributed by atoms with E-state index in [4.69, 9.17) is 16.3 Å². The Balaban J connectivity index is 1.89. The molecule has 0 aliphatic carbocycles. The molecule has 2 aromatic rings. The molecule has 1 amide bonds. The average Bonchev–Trinajstić information content (AvgIpc) is 3.32. The van der Waals surface area contributed by atoms with E-state index in [1.165, 1.54) is 25.4 Å². The minimum atomic E-state index is -4.93. The van der Waals surface area contributed by atoms with Gasteiger partial charge in [0, 0.05) is 11.8 Å². The number of thiazole rings is 1. The number of hydrogen-bond donors (Lipinski definition) is 4. The Bertz CT molecular complexity index is 1270. The number of rotatable bonds is 10. The Morgan fingerprint density at radius 3 is 2.53 bits per heavy atom. The molecule has 1 fully saturated rings. The molecule has 0 aromatic carbocycles. The molecule has 6 N–H and O–H groups in total. The molecule has 1 saturated heterocycles. The molecule has 3 heterocycles. The molecule has 0 unspecified atom stereocenters. The number of nitrogen functional groups attached to an aromatic ring is 2. The quantitative estimate of drug-likeness (QED) is 0.125. The Kier molecular flexibility index (Phi) is 6.58. The summed E-state index contributed by atoms with van der Waals surface area (Å²) in [5.41, 5.74) is 8.86. The van der Waals surface area contributed by atoms with Gasteiger partial charge in [-0.1, -0.05) is 5.16 Å². The molecule has 1 aliphatic heterocycles. The van der Waals surface area contributed by atoms with Gasteiger partial charge >= 0.3 is 16.3 Å². The van der Waals surface area contributed by atoms with Crippen LogP contribution in [0.2, 0.25) is 0 Å². The standard InChI is InChI=1S/C16H20N8O8S2/c1-16(2,14(27)28)32-22-12(8-6-33-15(18)20-8)10(25)3-7-9(5-23-19-4-11(17)21-23)24(13(7)26)34(29,30)31/h4,6-7,9H,3,5H2,1-2H3,(H2,17,21)(H2,18,20)(H,27,28)(H,29,30,31)/b22-12-/t7-,9+/m0/s1. The first-order valence-electron chi connectivity index (χ1n) is 9.41. The summed E-state index contributed by atoms with van der Waals surface area (Å²) in [6.45, 7) is 2.11. The van der Waals surface area contributed by atoms with E-state index in [0.717, 1.165) is 16.1 Å². The monoisotopic (exact) mass is 516 g/mol. The van der Waals surface area contributed by atoms with Crippen LogP contribution in [0.5, 0.6) is 0 Å². The number of oxime groups is 1. The van der Waals surface area contributed by atoms with Gasteiger partial charge < -0.3 is 21.4 Å². The number of nitrogens with zero attached hydrogens (tertiary/aromatic N) is 6. The highest BCUT2D eigenvalue weighted by Crippen LogP contribution is 2.33. The van der Waals surface area contributed by atoms with Gasteiger partial charge in [0.1, 0.15) is 5.69 Å². The Morgan fingerprint density at radius 2 is 2.03 bits per heavy atom. The lowest BCUT2D eigenvalue weighted by molar-refractivity contribution is -0.161. The normalized spacial score (nSPS) is 19.1. The molecule has 34 heavy (non-hydrogen) atoms. The molecule has 3 rings (SSSR count). The predicted octanol–water partition coefficient (Wildman–Crippen LogP) is -1.23. The van der Waals surface area contributed by atoms with Crippen LogP contribution in [0.25, 0.3) is 0 Å². The summed E-state index contributed by atoms with van der Waals surface area (Å²) in [6.07, 6.45) is 0.622. The Morgan fingerprint density at radius 1 is 1.35 bits per heavy atom. The first kappa shape index (κ1) is 25.0. The number of anilines is 2. The third-order valence-corrected chi connectivity index (χ3v) is 6.39. The van der Waals surface area contributed by atoms with E-state index in [0.29, 0.717) is 0 Å². The van der Waals surface area contributed by atoms with Gasteiger partial charge in [-0.2, -0.15) is 18.3 Å². The fraction of sp³-hybridized carbons (Fsp3) is 0.438. The van der Waals surface area contributed by atoms with Gasteiger partial charge in [0.15, 0.2) is 22.4 Å². The number of nitrogens with two attached hydrogens (primary N) is 2.